The number of hydrogen-bond donors (Lipinski definition) is 3. The molecule has 2 atom stereocenters. The van der Waals surface area contributed by atoms with Crippen LogP contribution in [0.4, 0.5) is 13.6 Å². The highest BCUT2D eigenvalue weighted by Gasteiger charge is 2.26. The number of nitrogens with one attached hydrogen (secondary N) is 2. The maximum Gasteiger partial charge on any atom is 0.315 e. The molecule has 0 radical (unpaired) electrons. The summed E-state index contributed by atoms with van der Waals surface area (Å²) in [5.74, 6) is -1.00. The van der Waals surface area contributed by atoms with Crippen LogP contribution in [0.25, 0.3) is 0 Å². The van der Waals surface area contributed by atoms with Crippen LogP contribution >= 0.6 is 0 Å². The van der Waals surface area contributed by atoms with Crippen molar-refractivity contribution in [2.24, 2.45) is 0 Å². The van der Waals surface area contributed by atoms with Crippen LogP contribution in [0.2, 0.25) is 0 Å². The van der Waals surface area contributed by atoms with Crippen molar-refractivity contribution in [2.45, 2.75) is 19.1 Å². The predicted molar refractivity (Wildman–Crippen MR) is 87.3 cm³/mol. The zero-order valence-electron chi connectivity index (χ0n) is 13.6. The number of aliphatic hydroxyl groups excluding tert-OH is 1. The van der Waals surface area contributed by atoms with Gasteiger partial charge in [-0.05, 0) is 25.1 Å². The summed E-state index contributed by atoms with van der Waals surface area (Å²) in [6, 6.07) is 8.12. The molecule has 0 saturated carbocycles. The summed E-state index contributed by atoms with van der Waals surface area (Å²) in [5, 5.41) is 15.1. The molecule has 1 heterocycles. The van der Waals surface area contributed by atoms with Crippen molar-refractivity contribution in [2.75, 3.05) is 13.2 Å². The molecule has 3 N–H and O–H groups in total. The van der Waals surface area contributed by atoms with Crippen LogP contribution in [-0.4, -0.2) is 24.3 Å². The maximum atomic E-state index is 13.6. The van der Waals surface area contributed by atoms with Gasteiger partial charge in [0.15, 0.2) is 0 Å². The van der Waals surface area contributed by atoms with E-state index in [9.17, 15) is 18.7 Å². The summed E-state index contributed by atoms with van der Waals surface area (Å²) in [7, 11) is 0. The number of benzene rings is 2. The number of ether oxygens (including phenoxy) is 1. The fourth-order valence-corrected chi connectivity index (χ4v) is 2.78. The first kappa shape index (κ1) is 17.2. The van der Waals surface area contributed by atoms with Gasteiger partial charge >= 0.3 is 6.03 Å². The van der Waals surface area contributed by atoms with E-state index in [-0.39, 0.29) is 12.6 Å². The summed E-state index contributed by atoms with van der Waals surface area (Å²) in [4.78, 5) is 12.0. The second kappa shape index (κ2) is 7.06. The SMILES string of the molecule is Cc1ccc2c(c1)C(NC(=O)NCC(O)c1c(F)cccc1F)CO2. The van der Waals surface area contributed by atoms with Gasteiger partial charge in [0.1, 0.15) is 30.1 Å². The number of halogens is 2. The predicted octanol–water partition coefficient (Wildman–Crippen LogP) is 2.74. The lowest BCUT2D eigenvalue weighted by Crippen LogP contribution is -2.40. The Balaban J connectivity index is 1.59. The van der Waals surface area contributed by atoms with Crippen LogP contribution in [0.15, 0.2) is 36.4 Å². The van der Waals surface area contributed by atoms with Gasteiger partial charge in [0.25, 0.3) is 0 Å². The molecule has 7 heteroatoms. The molecule has 2 aromatic carbocycles. The van der Waals surface area contributed by atoms with Crippen molar-refractivity contribution < 1.29 is 23.4 Å². The van der Waals surface area contributed by atoms with Crippen LogP contribution in [0.1, 0.15) is 28.8 Å². The van der Waals surface area contributed by atoms with E-state index < -0.39 is 29.3 Å². The quantitative estimate of drug-likeness (QED) is 0.796. The summed E-state index contributed by atoms with van der Waals surface area (Å²) in [6.45, 7) is 1.92. The minimum atomic E-state index is -1.48. The molecular formula is C18H18F2N2O3. The zero-order valence-corrected chi connectivity index (χ0v) is 13.6. The van der Waals surface area contributed by atoms with E-state index in [2.05, 4.69) is 10.6 Å². The molecule has 0 aromatic heterocycles. The van der Waals surface area contributed by atoms with E-state index in [4.69, 9.17) is 4.74 Å². The van der Waals surface area contributed by atoms with E-state index >= 15 is 0 Å². The molecule has 132 valence electrons. The number of fused-ring (bicyclic) bond motifs is 1. The number of amides is 2. The molecule has 1 aliphatic heterocycles. The summed E-state index contributed by atoms with van der Waals surface area (Å²) in [5.41, 5.74) is 1.45. The number of aryl methyl sites for hydroxylation is 1. The highest BCUT2D eigenvalue weighted by atomic mass is 19.1. The first-order valence-electron chi connectivity index (χ1n) is 7.85. The van der Waals surface area contributed by atoms with Gasteiger partial charge in [-0.15, -0.1) is 0 Å². The van der Waals surface area contributed by atoms with Crippen molar-refractivity contribution in [3.8, 4) is 5.75 Å². The monoisotopic (exact) mass is 348 g/mol. The molecule has 2 amide bonds. The fraction of sp³-hybridized carbons (Fsp3) is 0.278. The van der Waals surface area contributed by atoms with Crippen molar-refractivity contribution in [1.82, 2.24) is 10.6 Å². The molecule has 0 aliphatic carbocycles. The van der Waals surface area contributed by atoms with E-state index in [1.807, 2.05) is 25.1 Å². The van der Waals surface area contributed by atoms with Gasteiger partial charge in [-0.3, -0.25) is 0 Å². The highest BCUT2D eigenvalue weighted by molar-refractivity contribution is 5.74. The third kappa shape index (κ3) is 3.71. The molecule has 0 bridgehead atoms. The molecule has 0 spiro atoms. The van der Waals surface area contributed by atoms with Crippen LogP contribution in [0.3, 0.4) is 0 Å². The van der Waals surface area contributed by atoms with Crippen molar-refractivity contribution in [3.05, 3.63) is 64.7 Å². The summed E-state index contributed by atoms with van der Waals surface area (Å²) in [6.07, 6.45) is -1.48. The zero-order chi connectivity index (χ0) is 18.0. The van der Waals surface area contributed by atoms with Gasteiger partial charge in [0, 0.05) is 12.1 Å². The third-order valence-corrected chi connectivity index (χ3v) is 4.04. The van der Waals surface area contributed by atoms with Crippen LogP contribution in [0.5, 0.6) is 5.75 Å². The van der Waals surface area contributed by atoms with Gasteiger partial charge < -0.3 is 20.5 Å². The van der Waals surface area contributed by atoms with E-state index in [0.29, 0.717) is 12.4 Å². The first-order valence-corrected chi connectivity index (χ1v) is 7.85. The van der Waals surface area contributed by atoms with Gasteiger partial charge in [-0.2, -0.15) is 0 Å². The van der Waals surface area contributed by atoms with E-state index in [1.54, 1.807) is 0 Å². The fourth-order valence-electron chi connectivity index (χ4n) is 2.78. The summed E-state index contributed by atoms with van der Waals surface area (Å²) >= 11 is 0. The molecule has 0 fully saturated rings. The molecule has 1 aliphatic rings. The molecule has 25 heavy (non-hydrogen) atoms. The van der Waals surface area contributed by atoms with Gasteiger partial charge in [0.05, 0.1) is 11.6 Å². The smallest absolute Gasteiger partial charge is 0.315 e. The Morgan fingerprint density at radius 1 is 1.32 bits per heavy atom. The van der Waals surface area contributed by atoms with Gasteiger partial charge in [-0.25, -0.2) is 13.6 Å². The topological polar surface area (TPSA) is 70.6 Å². The number of hydrogen-bond acceptors (Lipinski definition) is 3. The number of carbonyl (C=O) groups excluding carboxylic acids is 1. The molecular weight excluding hydrogens is 330 g/mol. The lowest BCUT2D eigenvalue weighted by Gasteiger charge is -2.16. The maximum absolute atomic E-state index is 13.6. The van der Waals surface area contributed by atoms with E-state index in [1.165, 1.54) is 6.07 Å². The van der Waals surface area contributed by atoms with Crippen LogP contribution in [0, 0.1) is 18.6 Å². The number of rotatable bonds is 4. The van der Waals surface area contributed by atoms with Crippen LogP contribution in [-0.2, 0) is 0 Å². The Bertz CT molecular complexity index is 778. The lowest BCUT2D eigenvalue weighted by molar-refractivity contribution is 0.163. The molecule has 5 nitrogen and oxygen atoms in total. The molecule has 0 saturated heterocycles. The number of carbonyl (C=O) groups is 1. The largest absolute Gasteiger partial charge is 0.491 e. The second-order valence-electron chi connectivity index (χ2n) is 5.91. The Labute approximate surface area is 143 Å². The average Bonchev–Trinajstić information content (AvgIpc) is 2.95. The van der Waals surface area contributed by atoms with Gasteiger partial charge in [-0.1, -0.05) is 23.8 Å². The highest BCUT2D eigenvalue weighted by Crippen LogP contribution is 2.32. The number of urea groups is 1. The minimum absolute atomic E-state index is 0.302. The second-order valence-corrected chi connectivity index (χ2v) is 5.91. The first-order chi connectivity index (χ1) is 12.0. The molecule has 3 rings (SSSR count). The van der Waals surface area contributed by atoms with Crippen molar-refractivity contribution >= 4 is 6.03 Å². The molecule has 2 aromatic rings. The van der Waals surface area contributed by atoms with Crippen molar-refractivity contribution in [1.29, 1.82) is 0 Å². The molecule has 2 unspecified atom stereocenters. The number of aliphatic hydroxyl groups is 1. The Hall–Kier alpha value is -2.67. The Morgan fingerprint density at radius 2 is 2.04 bits per heavy atom. The third-order valence-electron chi connectivity index (χ3n) is 4.04. The van der Waals surface area contributed by atoms with E-state index in [0.717, 1.165) is 23.3 Å². The Morgan fingerprint density at radius 3 is 2.76 bits per heavy atom. The lowest BCUT2D eigenvalue weighted by atomic mass is 10.1. The average molecular weight is 348 g/mol. The van der Waals surface area contributed by atoms with Crippen LogP contribution < -0.4 is 15.4 Å². The van der Waals surface area contributed by atoms with Crippen molar-refractivity contribution in [3.63, 3.8) is 0 Å². The normalized spacial score (nSPS) is 16.7. The Kier molecular flexibility index (Phi) is 4.85. The minimum Gasteiger partial charge on any atom is -0.491 e. The standard InChI is InChI=1S/C18H18F2N2O3/c1-10-5-6-16-11(7-10)14(9-25-16)22-18(24)21-8-15(23)17-12(19)3-2-4-13(17)20/h2-7,14-15,23H,8-9H2,1H3,(H2,21,22,24). The van der Waals surface area contributed by atoms with Gasteiger partial charge in [0.2, 0.25) is 0 Å². The summed E-state index contributed by atoms with van der Waals surface area (Å²) < 4.78 is 32.7.